The van der Waals surface area contributed by atoms with Crippen molar-refractivity contribution in [3.63, 3.8) is 0 Å². The molecule has 0 saturated heterocycles. The third kappa shape index (κ3) is 4.59. The fourth-order valence-electron chi connectivity index (χ4n) is 1.91. The molecule has 1 aromatic rings. The maximum Gasteiger partial charge on any atom is 0.325 e. The molecule has 118 valence electrons. The van der Waals surface area contributed by atoms with Crippen LogP contribution in [0, 0.1) is 12.7 Å². The van der Waals surface area contributed by atoms with Gasteiger partial charge in [-0.05, 0) is 45.4 Å². The van der Waals surface area contributed by atoms with Gasteiger partial charge in [0.1, 0.15) is 5.82 Å². The first-order valence-corrected chi connectivity index (χ1v) is 8.34. The van der Waals surface area contributed by atoms with Gasteiger partial charge in [-0.25, -0.2) is 4.39 Å². The fraction of sp³-hybridized carbons (Fsp3) is 0.500. The van der Waals surface area contributed by atoms with E-state index in [1.807, 2.05) is 0 Å². The molecule has 0 aliphatic heterocycles. The van der Waals surface area contributed by atoms with Crippen molar-refractivity contribution < 1.29 is 18.2 Å². The number of halogens is 2. The van der Waals surface area contributed by atoms with Crippen LogP contribution in [0.1, 0.15) is 43.6 Å². The highest BCUT2D eigenvalue weighted by molar-refractivity contribution is 9.10. The van der Waals surface area contributed by atoms with Gasteiger partial charge < -0.3 is 4.84 Å². The molecule has 2 N–H and O–H groups in total. The minimum Gasteiger partial charge on any atom is -0.373 e. The molecule has 1 aromatic carbocycles. The second-order valence-corrected chi connectivity index (χ2v) is 9.02. The Kier molecular flexibility index (Phi) is 6.07. The molecule has 2 atom stereocenters. The first kappa shape index (κ1) is 18.3. The third-order valence-electron chi connectivity index (χ3n) is 2.94. The summed E-state index contributed by atoms with van der Waals surface area (Å²) in [6.45, 7) is 6.92. The molecule has 0 bridgehead atoms. The van der Waals surface area contributed by atoms with Gasteiger partial charge in [0, 0.05) is 25.6 Å². The molecule has 1 unspecified atom stereocenters. The van der Waals surface area contributed by atoms with Crippen LogP contribution in [-0.4, -0.2) is 14.9 Å². The van der Waals surface area contributed by atoms with Crippen LogP contribution in [0.25, 0.3) is 0 Å². The summed E-state index contributed by atoms with van der Waals surface area (Å²) in [7, 11) is -1.49. The summed E-state index contributed by atoms with van der Waals surface area (Å²) in [6.07, 6.45) is -0.243. The van der Waals surface area contributed by atoms with E-state index in [0.717, 1.165) is 0 Å². The first-order valence-electron chi connectivity index (χ1n) is 6.33. The van der Waals surface area contributed by atoms with Crippen molar-refractivity contribution >= 4 is 32.7 Å². The Hall–Kier alpha value is -0.790. The number of aryl methyl sites for hydroxylation is 1. The van der Waals surface area contributed by atoms with E-state index in [1.165, 1.54) is 0 Å². The highest BCUT2D eigenvalue weighted by Gasteiger charge is 2.33. The van der Waals surface area contributed by atoms with Crippen LogP contribution in [0.2, 0.25) is 0 Å². The lowest BCUT2D eigenvalue weighted by atomic mass is 10.1. The van der Waals surface area contributed by atoms with Gasteiger partial charge in [-0.15, -0.1) is 0 Å². The lowest BCUT2D eigenvalue weighted by molar-refractivity contribution is -0.144. The van der Waals surface area contributed by atoms with Gasteiger partial charge in [0.25, 0.3) is 0 Å². The van der Waals surface area contributed by atoms with Crippen molar-refractivity contribution in [1.82, 2.24) is 0 Å². The van der Waals surface area contributed by atoms with Crippen LogP contribution >= 0.6 is 15.9 Å². The van der Waals surface area contributed by atoms with Gasteiger partial charge in [-0.2, -0.15) is 5.90 Å². The number of carbonyl (C=O) groups is 1. The molecule has 1 rings (SSSR count). The average Bonchev–Trinajstić information content (AvgIpc) is 2.38. The Labute approximate surface area is 134 Å². The topological polar surface area (TPSA) is 69.4 Å². The molecule has 0 spiro atoms. The van der Waals surface area contributed by atoms with Crippen LogP contribution in [0.4, 0.5) is 4.39 Å². The van der Waals surface area contributed by atoms with Crippen LogP contribution in [0.3, 0.4) is 0 Å². The van der Waals surface area contributed by atoms with Crippen molar-refractivity contribution in [1.29, 1.82) is 0 Å². The largest absolute Gasteiger partial charge is 0.373 e. The summed E-state index contributed by atoms with van der Waals surface area (Å²) >= 11 is 3.29. The molecule has 7 heteroatoms. The van der Waals surface area contributed by atoms with Crippen molar-refractivity contribution in [2.45, 2.75) is 44.1 Å². The maximum absolute atomic E-state index is 14.4. The monoisotopic (exact) mass is 379 g/mol. The van der Waals surface area contributed by atoms with Crippen molar-refractivity contribution in [3.8, 4) is 0 Å². The number of rotatable bonds is 4. The van der Waals surface area contributed by atoms with Gasteiger partial charge in [0.15, 0.2) is 0 Å². The molecular weight excluding hydrogens is 361 g/mol. The van der Waals surface area contributed by atoms with Crippen LogP contribution < -0.4 is 5.90 Å². The van der Waals surface area contributed by atoms with E-state index in [0.29, 0.717) is 10.0 Å². The van der Waals surface area contributed by atoms with Gasteiger partial charge in [0.2, 0.25) is 0 Å². The maximum atomic E-state index is 14.4. The Morgan fingerprint density at radius 3 is 2.52 bits per heavy atom. The molecule has 0 heterocycles. The molecule has 0 aromatic heterocycles. The van der Waals surface area contributed by atoms with E-state index >= 15 is 0 Å². The number of benzene rings is 1. The van der Waals surface area contributed by atoms with Crippen LogP contribution in [-0.2, 0) is 20.4 Å². The van der Waals surface area contributed by atoms with Crippen molar-refractivity contribution in [2.75, 3.05) is 0 Å². The zero-order valence-corrected chi connectivity index (χ0v) is 14.8. The molecule has 0 saturated carbocycles. The zero-order chi connectivity index (χ0) is 16.4. The molecule has 21 heavy (non-hydrogen) atoms. The smallest absolute Gasteiger partial charge is 0.325 e. The average molecular weight is 380 g/mol. The lowest BCUT2D eigenvalue weighted by Crippen LogP contribution is -2.29. The highest BCUT2D eigenvalue weighted by atomic mass is 79.9. The summed E-state index contributed by atoms with van der Waals surface area (Å²) in [5, 5.41) is -0.822. The molecule has 0 aliphatic carbocycles. The quantitative estimate of drug-likeness (QED) is 0.814. The Balaban J connectivity index is 3.37. The summed E-state index contributed by atoms with van der Waals surface area (Å²) in [5.74, 6) is 3.66. The number of hydrogen-bond acceptors (Lipinski definition) is 4. The number of nitrogens with two attached hydrogens (primary N) is 1. The SMILES string of the molecule is Cc1cc(Br)cc(C(CC(=O)ON)[S@@](=O)C(C)(C)C)c1F. The Morgan fingerprint density at radius 2 is 2.05 bits per heavy atom. The van der Waals surface area contributed by atoms with Crippen molar-refractivity contribution in [2.24, 2.45) is 5.90 Å². The number of hydrogen-bond donors (Lipinski definition) is 1. The predicted octanol–water partition coefficient (Wildman–Crippen LogP) is 3.29. The molecule has 0 fully saturated rings. The molecular formula is C14H19BrFNO3S. The summed E-state index contributed by atoms with van der Waals surface area (Å²) in [6, 6.07) is 3.16. The predicted molar refractivity (Wildman–Crippen MR) is 84.4 cm³/mol. The summed E-state index contributed by atoms with van der Waals surface area (Å²) in [4.78, 5) is 15.7. The standard InChI is InChI=1S/C14H19BrFNO3S/c1-8-5-9(15)6-10(13(8)16)11(7-12(18)20-17)21(19)14(2,3)4/h5-6,11H,7,17H2,1-4H3/t11?,21-/m1/s1. The van der Waals surface area contributed by atoms with E-state index in [4.69, 9.17) is 5.90 Å². The fourth-order valence-corrected chi connectivity index (χ4v) is 4.05. The third-order valence-corrected chi connectivity index (χ3v) is 5.54. The van der Waals surface area contributed by atoms with Gasteiger partial charge in [-0.3, -0.25) is 9.00 Å². The van der Waals surface area contributed by atoms with E-state index in [9.17, 15) is 13.4 Å². The summed E-state index contributed by atoms with van der Waals surface area (Å²) < 4.78 is 27.1. The van der Waals surface area contributed by atoms with E-state index in [1.54, 1.807) is 39.8 Å². The van der Waals surface area contributed by atoms with Crippen LogP contribution in [0.15, 0.2) is 16.6 Å². The van der Waals surface area contributed by atoms with Gasteiger partial charge in [-0.1, -0.05) is 15.9 Å². The Morgan fingerprint density at radius 1 is 1.48 bits per heavy atom. The second kappa shape index (κ2) is 6.98. The lowest BCUT2D eigenvalue weighted by Gasteiger charge is -2.26. The first-order chi connectivity index (χ1) is 9.57. The highest BCUT2D eigenvalue weighted by Crippen LogP contribution is 2.35. The minimum atomic E-state index is -1.49. The molecule has 0 aliphatic rings. The Bertz CT molecular complexity index is 572. The van der Waals surface area contributed by atoms with Gasteiger partial charge in [0.05, 0.1) is 11.7 Å². The number of carbonyl (C=O) groups excluding carboxylic acids is 1. The van der Waals surface area contributed by atoms with Crippen LogP contribution in [0.5, 0.6) is 0 Å². The van der Waals surface area contributed by atoms with E-state index in [2.05, 4.69) is 20.8 Å². The van der Waals surface area contributed by atoms with Gasteiger partial charge >= 0.3 is 5.97 Å². The minimum absolute atomic E-state index is 0.223. The van der Waals surface area contributed by atoms with E-state index < -0.39 is 32.6 Å². The summed E-state index contributed by atoms with van der Waals surface area (Å²) in [5.41, 5.74) is 0.636. The molecule has 0 radical (unpaired) electrons. The normalized spacial score (nSPS) is 14.6. The second-order valence-electron chi connectivity index (χ2n) is 5.72. The van der Waals surface area contributed by atoms with E-state index in [-0.39, 0.29) is 12.0 Å². The molecule has 0 amide bonds. The molecule has 4 nitrogen and oxygen atoms in total. The zero-order valence-electron chi connectivity index (χ0n) is 12.4. The van der Waals surface area contributed by atoms with Crippen molar-refractivity contribution in [3.05, 3.63) is 33.5 Å².